The van der Waals surface area contributed by atoms with E-state index in [1.807, 2.05) is 14.1 Å². The Bertz CT molecular complexity index is 97.6. The Labute approximate surface area is 95.4 Å². The Hall–Kier alpha value is 1.07. The zero-order valence-electron chi connectivity index (χ0n) is 6.68. The van der Waals surface area contributed by atoms with E-state index in [1.54, 1.807) is 0 Å². The van der Waals surface area contributed by atoms with E-state index in [4.69, 9.17) is 0 Å². The first-order valence-electron chi connectivity index (χ1n) is 2.72. The van der Waals surface area contributed by atoms with Crippen molar-refractivity contribution in [3.63, 3.8) is 0 Å². The second kappa shape index (κ2) is 8.17. The van der Waals surface area contributed by atoms with Crippen LogP contribution in [0.3, 0.4) is 0 Å². The molecule has 0 aromatic heterocycles. The van der Waals surface area contributed by atoms with Gasteiger partial charge in [0.15, 0.2) is 0 Å². The third-order valence-corrected chi connectivity index (χ3v) is 1.12. The number of rotatable bonds is 3. The monoisotopic (exact) mass is 186 g/mol. The van der Waals surface area contributed by atoms with E-state index in [0.717, 1.165) is 13.1 Å². The van der Waals surface area contributed by atoms with Gasteiger partial charge in [-0.05, 0) is 14.1 Å². The summed E-state index contributed by atoms with van der Waals surface area (Å²) < 4.78 is 0.455. The fourth-order valence-electron chi connectivity index (χ4n) is 0.382. The molecule has 0 aliphatic carbocycles. The van der Waals surface area contributed by atoms with Crippen molar-refractivity contribution >= 4 is 29.2 Å². The average molecular weight is 186 g/mol. The molecule has 0 amide bonds. The molecular formula is C5H11N2NaS2. The first-order chi connectivity index (χ1) is 4.13. The Kier molecular flexibility index (Phi) is 11.1. The summed E-state index contributed by atoms with van der Waals surface area (Å²) in [6.07, 6.45) is 0. The molecule has 0 atom stereocenters. The number of hydrogen-bond donors (Lipinski definition) is 1. The molecule has 0 aliphatic heterocycles. The Morgan fingerprint density at radius 1 is 1.60 bits per heavy atom. The van der Waals surface area contributed by atoms with E-state index >= 15 is 0 Å². The minimum atomic E-state index is 0. The van der Waals surface area contributed by atoms with Crippen molar-refractivity contribution in [3.05, 3.63) is 0 Å². The molecule has 0 spiro atoms. The van der Waals surface area contributed by atoms with Gasteiger partial charge in [0.2, 0.25) is 0 Å². The Morgan fingerprint density at radius 2 is 2.10 bits per heavy atom. The van der Waals surface area contributed by atoms with E-state index in [1.165, 1.54) is 0 Å². The molecule has 0 unspecified atom stereocenters. The Morgan fingerprint density at radius 3 is 2.40 bits per heavy atom. The molecule has 5 heteroatoms. The van der Waals surface area contributed by atoms with Gasteiger partial charge in [0.1, 0.15) is 0 Å². The number of thiocarbonyl (C=S) groups is 1. The molecule has 10 heavy (non-hydrogen) atoms. The summed E-state index contributed by atoms with van der Waals surface area (Å²) in [5, 5.41) is 2.88. The maximum atomic E-state index is 4.63. The number of nitrogens with one attached hydrogen (secondary N) is 1. The largest absolute Gasteiger partial charge is 1.00 e. The van der Waals surface area contributed by atoms with Crippen molar-refractivity contribution in [3.8, 4) is 0 Å². The molecule has 0 heterocycles. The van der Waals surface area contributed by atoms with Gasteiger partial charge in [0, 0.05) is 13.1 Å². The third-order valence-electron chi connectivity index (χ3n) is 0.828. The summed E-state index contributed by atoms with van der Waals surface area (Å²) in [7, 11) is 4.02. The van der Waals surface area contributed by atoms with Crippen molar-refractivity contribution in [2.75, 3.05) is 27.2 Å². The van der Waals surface area contributed by atoms with E-state index in [0.29, 0.717) is 4.32 Å². The van der Waals surface area contributed by atoms with Crippen LogP contribution in [0.15, 0.2) is 0 Å². The molecule has 0 fully saturated rings. The van der Waals surface area contributed by atoms with Crippen molar-refractivity contribution in [1.29, 1.82) is 0 Å². The summed E-state index contributed by atoms with van der Waals surface area (Å²) in [4.78, 5) is 2.07. The first kappa shape index (κ1) is 13.6. The van der Waals surface area contributed by atoms with Gasteiger partial charge in [0.25, 0.3) is 0 Å². The van der Waals surface area contributed by atoms with Crippen molar-refractivity contribution in [2.24, 2.45) is 0 Å². The van der Waals surface area contributed by atoms with Gasteiger partial charge in [-0.1, -0.05) is 4.32 Å². The molecule has 0 saturated heterocycles. The molecule has 0 aliphatic rings. The fourth-order valence-corrected chi connectivity index (χ4v) is 0.586. The van der Waals surface area contributed by atoms with Gasteiger partial charge >= 0.3 is 29.6 Å². The summed E-state index contributed by atoms with van der Waals surface area (Å²) >= 11 is 9.27. The van der Waals surface area contributed by atoms with E-state index < -0.39 is 0 Å². The van der Waals surface area contributed by atoms with Crippen LogP contribution in [0, 0.1) is 0 Å². The molecule has 1 N–H and O–H groups in total. The minimum absolute atomic E-state index is 0. The standard InChI is InChI=1S/C5H12N2S2.Na/c1-7(2)4-3-6-5(8)9;/h3-4H2,1-2H3,(H2,6,8,9);/q;+1/p-1. The zero-order valence-corrected chi connectivity index (χ0v) is 10.3. The second-order valence-electron chi connectivity index (χ2n) is 2.02. The Balaban J connectivity index is 0. The van der Waals surface area contributed by atoms with Gasteiger partial charge in [-0.3, -0.25) is 0 Å². The summed E-state index contributed by atoms with van der Waals surface area (Å²) in [5.41, 5.74) is 0. The van der Waals surface area contributed by atoms with Crippen molar-refractivity contribution < 1.29 is 29.6 Å². The molecule has 0 rings (SSSR count). The van der Waals surface area contributed by atoms with Crippen LogP contribution in [0.25, 0.3) is 0 Å². The summed E-state index contributed by atoms with van der Waals surface area (Å²) in [6.45, 7) is 1.81. The first-order valence-corrected chi connectivity index (χ1v) is 3.54. The summed E-state index contributed by atoms with van der Waals surface area (Å²) in [5.74, 6) is 0. The topological polar surface area (TPSA) is 15.3 Å². The number of nitrogens with zero attached hydrogens (tertiary/aromatic N) is 1. The fraction of sp³-hybridized carbons (Fsp3) is 0.800. The van der Waals surface area contributed by atoms with Crippen LogP contribution in [-0.4, -0.2) is 36.4 Å². The van der Waals surface area contributed by atoms with Crippen molar-refractivity contribution in [1.82, 2.24) is 10.2 Å². The minimum Gasteiger partial charge on any atom is -0.412 e. The molecule has 0 bridgehead atoms. The normalized spacial score (nSPS) is 8.70. The van der Waals surface area contributed by atoms with Gasteiger partial charge in [-0.15, -0.1) is 0 Å². The number of hydrogen-bond acceptors (Lipinski definition) is 3. The van der Waals surface area contributed by atoms with Gasteiger partial charge < -0.3 is 35.1 Å². The maximum absolute atomic E-state index is 4.63. The molecule has 54 valence electrons. The van der Waals surface area contributed by atoms with Crippen LogP contribution in [0.4, 0.5) is 0 Å². The van der Waals surface area contributed by atoms with Crippen molar-refractivity contribution in [2.45, 2.75) is 0 Å². The second-order valence-corrected chi connectivity index (χ2v) is 3.09. The van der Waals surface area contributed by atoms with Gasteiger partial charge in [-0.25, -0.2) is 0 Å². The quantitative estimate of drug-likeness (QED) is 0.286. The molecule has 0 saturated carbocycles. The van der Waals surface area contributed by atoms with Crippen LogP contribution < -0.4 is 34.9 Å². The maximum Gasteiger partial charge on any atom is 1.00 e. The predicted octanol–water partition coefficient (Wildman–Crippen LogP) is -3.03. The summed E-state index contributed by atoms with van der Waals surface area (Å²) in [6, 6.07) is 0. The van der Waals surface area contributed by atoms with Gasteiger partial charge in [-0.2, -0.15) is 0 Å². The third kappa shape index (κ3) is 11.8. The van der Waals surface area contributed by atoms with E-state index in [9.17, 15) is 0 Å². The molecule has 0 aromatic carbocycles. The average Bonchev–Trinajstić information content (AvgIpc) is 1.63. The smallest absolute Gasteiger partial charge is 0.412 e. The molecule has 0 aromatic rings. The van der Waals surface area contributed by atoms with Crippen LogP contribution in [0.1, 0.15) is 0 Å². The number of likely N-dealkylation sites (N-methyl/N-ethyl adjacent to an activating group) is 1. The molecule has 0 radical (unpaired) electrons. The zero-order chi connectivity index (χ0) is 7.28. The molecular weight excluding hydrogens is 175 g/mol. The van der Waals surface area contributed by atoms with Crippen LogP contribution in [-0.2, 0) is 12.6 Å². The molecule has 2 nitrogen and oxygen atoms in total. The van der Waals surface area contributed by atoms with E-state index in [-0.39, 0.29) is 29.6 Å². The van der Waals surface area contributed by atoms with E-state index in [2.05, 4.69) is 35.1 Å². The van der Waals surface area contributed by atoms with Gasteiger partial charge in [0.05, 0.1) is 0 Å². The van der Waals surface area contributed by atoms with Crippen LogP contribution >= 0.6 is 12.2 Å². The predicted molar refractivity (Wildman–Crippen MR) is 46.5 cm³/mol. The van der Waals surface area contributed by atoms with Crippen LogP contribution in [0.5, 0.6) is 0 Å². The SMILES string of the molecule is CN(C)CCNC(=S)[S-].[Na+]. The van der Waals surface area contributed by atoms with Crippen LogP contribution in [0.2, 0.25) is 0 Å².